The van der Waals surface area contributed by atoms with Crippen molar-refractivity contribution in [2.75, 3.05) is 37.7 Å². The number of aryl methyl sites for hydroxylation is 1. The molecule has 2 aromatic rings. The highest BCUT2D eigenvalue weighted by Gasteiger charge is 2.32. The van der Waals surface area contributed by atoms with Crippen molar-refractivity contribution in [3.05, 3.63) is 41.2 Å². The van der Waals surface area contributed by atoms with Gasteiger partial charge in [0.2, 0.25) is 15.9 Å². The van der Waals surface area contributed by atoms with Crippen LogP contribution < -0.4 is 4.90 Å². The SMILES string of the molecule is Cc1nn(CC(=O)c2ccc(N3CCCC3=O)cc2)c(C)c1S(=O)(=O)N1CCOCC1. The molecule has 10 heteroatoms. The van der Waals surface area contributed by atoms with E-state index in [0.29, 0.717) is 56.2 Å². The van der Waals surface area contributed by atoms with E-state index in [4.69, 9.17) is 4.74 Å². The number of hydrogen-bond donors (Lipinski definition) is 0. The van der Waals surface area contributed by atoms with Crippen LogP contribution in [0.5, 0.6) is 0 Å². The molecule has 0 radical (unpaired) electrons. The molecule has 1 aromatic carbocycles. The minimum absolute atomic E-state index is 0.0622. The second-order valence-corrected chi connectivity index (χ2v) is 9.67. The average molecular weight is 447 g/mol. The third-order valence-electron chi connectivity index (χ3n) is 5.75. The van der Waals surface area contributed by atoms with Crippen molar-refractivity contribution < 1.29 is 22.7 Å². The molecular formula is C21H26N4O5S. The minimum Gasteiger partial charge on any atom is -0.379 e. The van der Waals surface area contributed by atoms with Crippen LogP contribution in [0, 0.1) is 13.8 Å². The lowest BCUT2D eigenvalue weighted by atomic mass is 10.1. The normalized spacial score (nSPS) is 18.0. The van der Waals surface area contributed by atoms with Crippen molar-refractivity contribution in [3.8, 4) is 0 Å². The van der Waals surface area contributed by atoms with Gasteiger partial charge in [-0.3, -0.25) is 14.3 Å². The summed E-state index contributed by atoms with van der Waals surface area (Å²) in [4.78, 5) is 26.6. The van der Waals surface area contributed by atoms with E-state index in [2.05, 4.69) is 5.10 Å². The summed E-state index contributed by atoms with van der Waals surface area (Å²) in [6, 6.07) is 6.93. The Morgan fingerprint density at radius 1 is 1.10 bits per heavy atom. The zero-order chi connectivity index (χ0) is 22.2. The van der Waals surface area contributed by atoms with Gasteiger partial charge in [-0.15, -0.1) is 0 Å². The molecular weight excluding hydrogens is 420 g/mol. The third kappa shape index (κ3) is 4.15. The first-order chi connectivity index (χ1) is 14.8. The van der Waals surface area contributed by atoms with Crippen LogP contribution in [0.4, 0.5) is 5.69 Å². The van der Waals surface area contributed by atoms with Gasteiger partial charge in [-0.25, -0.2) is 8.42 Å². The number of ether oxygens (including phenoxy) is 1. The predicted molar refractivity (Wildman–Crippen MR) is 114 cm³/mol. The van der Waals surface area contributed by atoms with Gasteiger partial charge in [-0.05, 0) is 44.5 Å². The summed E-state index contributed by atoms with van der Waals surface area (Å²) in [5, 5.41) is 4.33. The lowest BCUT2D eigenvalue weighted by molar-refractivity contribution is -0.117. The summed E-state index contributed by atoms with van der Waals surface area (Å²) >= 11 is 0. The first-order valence-electron chi connectivity index (χ1n) is 10.3. The van der Waals surface area contributed by atoms with Crippen molar-refractivity contribution in [1.29, 1.82) is 0 Å². The van der Waals surface area contributed by atoms with Crippen LogP contribution in [0.25, 0.3) is 0 Å². The lowest BCUT2D eigenvalue weighted by Crippen LogP contribution is -2.41. The summed E-state index contributed by atoms with van der Waals surface area (Å²) in [6.45, 7) is 5.28. The van der Waals surface area contributed by atoms with Gasteiger partial charge in [0, 0.05) is 37.3 Å². The van der Waals surface area contributed by atoms with Gasteiger partial charge in [0.05, 0.1) is 24.6 Å². The van der Waals surface area contributed by atoms with Gasteiger partial charge in [-0.1, -0.05) is 0 Å². The van der Waals surface area contributed by atoms with Crippen molar-refractivity contribution in [3.63, 3.8) is 0 Å². The maximum atomic E-state index is 13.1. The van der Waals surface area contributed by atoms with E-state index < -0.39 is 10.0 Å². The molecule has 0 unspecified atom stereocenters. The van der Waals surface area contributed by atoms with Crippen LogP contribution in [-0.4, -0.2) is 67.0 Å². The Morgan fingerprint density at radius 3 is 2.39 bits per heavy atom. The highest BCUT2D eigenvalue weighted by atomic mass is 32.2. The Hall–Kier alpha value is -2.56. The quantitative estimate of drug-likeness (QED) is 0.624. The van der Waals surface area contributed by atoms with E-state index in [0.717, 1.165) is 12.1 Å². The Labute approximate surface area is 181 Å². The highest BCUT2D eigenvalue weighted by Crippen LogP contribution is 2.25. The topological polar surface area (TPSA) is 102 Å². The van der Waals surface area contributed by atoms with Gasteiger partial charge >= 0.3 is 0 Å². The number of morpholine rings is 1. The maximum absolute atomic E-state index is 13.1. The molecule has 31 heavy (non-hydrogen) atoms. The zero-order valence-electron chi connectivity index (χ0n) is 17.7. The van der Waals surface area contributed by atoms with Crippen LogP contribution in [0.15, 0.2) is 29.2 Å². The molecule has 0 bridgehead atoms. The van der Waals surface area contributed by atoms with Gasteiger partial charge in [0.15, 0.2) is 5.78 Å². The Balaban J connectivity index is 1.52. The van der Waals surface area contributed by atoms with Crippen LogP contribution in [-0.2, 0) is 26.1 Å². The lowest BCUT2D eigenvalue weighted by Gasteiger charge is -2.26. The molecule has 2 saturated heterocycles. The number of amides is 1. The fourth-order valence-corrected chi connectivity index (χ4v) is 5.88. The van der Waals surface area contributed by atoms with E-state index in [1.807, 2.05) is 0 Å². The minimum atomic E-state index is -3.70. The number of hydrogen-bond acceptors (Lipinski definition) is 6. The predicted octanol–water partition coefficient (Wildman–Crippen LogP) is 1.53. The molecule has 0 N–H and O–H groups in total. The summed E-state index contributed by atoms with van der Waals surface area (Å²) in [7, 11) is -3.70. The molecule has 2 aliphatic heterocycles. The molecule has 9 nitrogen and oxygen atoms in total. The number of aromatic nitrogens is 2. The van der Waals surface area contributed by atoms with Crippen molar-refractivity contribution >= 4 is 27.4 Å². The maximum Gasteiger partial charge on any atom is 0.246 e. The number of anilines is 1. The Kier molecular flexibility index (Phi) is 5.96. The van der Waals surface area contributed by atoms with Gasteiger partial charge in [0.25, 0.3) is 0 Å². The first-order valence-corrected chi connectivity index (χ1v) is 11.8. The third-order valence-corrected chi connectivity index (χ3v) is 7.90. The molecule has 0 atom stereocenters. The molecule has 0 saturated carbocycles. The van der Waals surface area contributed by atoms with E-state index in [1.54, 1.807) is 43.0 Å². The molecule has 3 heterocycles. The van der Waals surface area contributed by atoms with Gasteiger partial charge in [-0.2, -0.15) is 9.40 Å². The molecule has 2 aliphatic rings. The van der Waals surface area contributed by atoms with Gasteiger partial charge in [0.1, 0.15) is 11.4 Å². The van der Waals surface area contributed by atoms with E-state index in [1.165, 1.54) is 8.99 Å². The summed E-state index contributed by atoms with van der Waals surface area (Å²) < 4.78 is 34.3. The van der Waals surface area contributed by atoms with E-state index in [-0.39, 0.29) is 23.1 Å². The molecule has 2 fully saturated rings. The summed E-state index contributed by atoms with van der Waals surface area (Å²) in [5.41, 5.74) is 2.08. The number of nitrogens with zero attached hydrogens (tertiary/aromatic N) is 4. The van der Waals surface area contributed by atoms with E-state index >= 15 is 0 Å². The molecule has 0 spiro atoms. The smallest absolute Gasteiger partial charge is 0.246 e. The zero-order valence-corrected chi connectivity index (χ0v) is 18.5. The van der Waals surface area contributed by atoms with Crippen LogP contribution in [0.1, 0.15) is 34.6 Å². The second-order valence-electron chi connectivity index (χ2n) is 7.79. The van der Waals surface area contributed by atoms with Gasteiger partial charge < -0.3 is 9.64 Å². The molecule has 0 aliphatic carbocycles. The second kappa shape index (κ2) is 8.52. The molecule has 1 aromatic heterocycles. The number of carbonyl (C=O) groups is 2. The number of benzene rings is 1. The van der Waals surface area contributed by atoms with Crippen LogP contribution in [0.3, 0.4) is 0 Å². The monoisotopic (exact) mass is 446 g/mol. The van der Waals surface area contributed by atoms with E-state index in [9.17, 15) is 18.0 Å². The molecule has 4 rings (SSSR count). The Bertz CT molecular complexity index is 1100. The van der Waals surface area contributed by atoms with Crippen molar-refractivity contribution in [1.82, 2.24) is 14.1 Å². The molecule has 166 valence electrons. The number of carbonyl (C=O) groups excluding carboxylic acids is 2. The molecule has 1 amide bonds. The number of rotatable bonds is 6. The number of Topliss-reactive ketones (excluding diaryl/α,β-unsaturated/α-hetero) is 1. The number of ketones is 1. The first kappa shape index (κ1) is 21.7. The fraction of sp³-hybridized carbons (Fsp3) is 0.476. The van der Waals surface area contributed by atoms with Crippen molar-refractivity contribution in [2.24, 2.45) is 0 Å². The highest BCUT2D eigenvalue weighted by molar-refractivity contribution is 7.89. The largest absolute Gasteiger partial charge is 0.379 e. The van der Waals surface area contributed by atoms with Crippen molar-refractivity contribution in [2.45, 2.75) is 38.1 Å². The standard InChI is InChI=1S/C21H26N4O5S/c1-15-21(31(28,29)23-10-12-30-13-11-23)16(2)25(22-15)14-19(26)17-5-7-18(8-6-17)24-9-3-4-20(24)27/h5-8H,3-4,9-14H2,1-2H3. The Morgan fingerprint density at radius 2 is 1.77 bits per heavy atom. The number of sulfonamides is 1. The fourth-order valence-electron chi connectivity index (χ4n) is 4.10. The average Bonchev–Trinajstić information content (AvgIpc) is 3.31. The van der Waals surface area contributed by atoms with Crippen LogP contribution >= 0.6 is 0 Å². The van der Waals surface area contributed by atoms with Crippen LogP contribution in [0.2, 0.25) is 0 Å². The summed E-state index contributed by atoms with van der Waals surface area (Å²) in [6.07, 6.45) is 1.39. The summed E-state index contributed by atoms with van der Waals surface area (Å²) in [5.74, 6) is -0.0871.